The molecule has 0 aliphatic heterocycles. The lowest BCUT2D eigenvalue weighted by molar-refractivity contribution is -0.139. The van der Waals surface area contributed by atoms with Crippen molar-refractivity contribution >= 4 is 18.4 Å². The second-order valence-electron chi connectivity index (χ2n) is 4.84. The normalized spacial score (nSPS) is 11.1. The van der Waals surface area contributed by atoms with E-state index < -0.39 is 5.97 Å². The molecule has 0 saturated carbocycles. The zero-order valence-corrected chi connectivity index (χ0v) is 14.7. The molecule has 128 valence electrons. The molecule has 0 heterocycles. The molecule has 0 aliphatic rings. The number of nitrogens with zero attached hydrogens (tertiary/aromatic N) is 1. The van der Waals surface area contributed by atoms with E-state index >= 15 is 0 Å². The summed E-state index contributed by atoms with van der Waals surface area (Å²) in [7, 11) is 0. The van der Waals surface area contributed by atoms with E-state index in [0.29, 0.717) is 6.42 Å². The highest BCUT2D eigenvalue weighted by Gasteiger charge is 2.17. The first kappa shape index (κ1) is 23.2. The van der Waals surface area contributed by atoms with E-state index in [1.807, 2.05) is 37.3 Å². The van der Waals surface area contributed by atoms with Crippen LogP contribution in [0, 0.1) is 0 Å². The summed E-state index contributed by atoms with van der Waals surface area (Å²) in [4.78, 5) is 13.1. The second kappa shape index (κ2) is 14.8. The van der Waals surface area contributed by atoms with Gasteiger partial charge in [-0.1, -0.05) is 57.5 Å². The Labute approximate surface area is 140 Å². The van der Waals surface area contributed by atoms with Gasteiger partial charge in [0.05, 0.1) is 12.5 Å². The number of hydrogen-bond donors (Lipinski definition) is 2. The van der Waals surface area contributed by atoms with Crippen molar-refractivity contribution in [1.29, 1.82) is 0 Å². The summed E-state index contributed by atoms with van der Waals surface area (Å²) in [5.74, 6) is -1.07. The molecule has 0 spiro atoms. The standard InChI is InChI=1S/C11H14O2.C6H15NO.ClH/c1-2-6-10(11(12)13)9-7-4-3-5-8-9;1-3-7(4-2)5-6-8;/h3-5,7-8,10H,2,6H2,1H3,(H,12,13);8H,3-6H2,1-2H3;1H. The average molecular weight is 332 g/mol. The van der Waals surface area contributed by atoms with Crippen LogP contribution in [0.5, 0.6) is 0 Å². The number of carboxylic acids is 1. The first-order valence-corrected chi connectivity index (χ1v) is 7.71. The third kappa shape index (κ3) is 9.77. The van der Waals surface area contributed by atoms with Crippen LogP contribution in [0.2, 0.25) is 0 Å². The van der Waals surface area contributed by atoms with Crippen molar-refractivity contribution in [1.82, 2.24) is 4.90 Å². The lowest BCUT2D eigenvalue weighted by atomic mass is 9.95. The molecule has 0 radical (unpaired) electrons. The third-order valence-electron chi connectivity index (χ3n) is 3.39. The summed E-state index contributed by atoms with van der Waals surface area (Å²) < 4.78 is 0. The van der Waals surface area contributed by atoms with Crippen LogP contribution in [0.4, 0.5) is 0 Å². The van der Waals surface area contributed by atoms with Crippen LogP contribution in [-0.2, 0) is 4.79 Å². The van der Waals surface area contributed by atoms with Crippen LogP contribution < -0.4 is 0 Å². The monoisotopic (exact) mass is 331 g/mol. The van der Waals surface area contributed by atoms with Crippen LogP contribution in [0.1, 0.15) is 45.1 Å². The number of hydrogen-bond acceptors (Lipinski definition) is 3. The largest absolute Gasteiger partial charge is 0.481 e. The van der Waals surface area contributed by atoms with Gasteiger partial charge >= 0.3 is 5.97 Å². The van der Waals surface area contributed by atoms with E-state index in [2.05, 4.69) is 18.7 Å². The first-order chi connectivity index (χ1) is 10.1. The van der Waals surface area contributed by atoms with Gasteiger partial charge in [-0.25, -0.2) is 0 Å². The summed E-state index contributed by atoms with van der Waals surface area (Å²) >= 11 is 0. The van der Waals surface area contributed by atoms with Crippen LogP contribution >= 0.6 is 12.4 Å². The molecule has 22 heavy (non-hydrogen) atoms. The van der Waals surface area contributed by atoms with E-state index in [0.717, 1.165) is 31.6 Å². The zero-order chi connectivity index (χ0) is 16.1. The molecule has 0 aromatic heterocycles. The van der Waals surface area contributed by atoms with Crippen LogP contribution in [0.15, 0.2) is 30.3 Å². The van der Waals surface area contributed by atoms with E-state index in [1.165, 1.54) is 0 Å². The van der Waals surface area contributed by atoms with E-state index in [4.69, 9.17) is 10.2 Å². The van der Waals surface area contributed by atoms with Gasteiger partial charge in [-0.2, -0.15) is 0 Å². The smallest absolute Gasteiger partial charge is 0.310 e. The van der Waals surface area contributed by atoms with Gasteiger partial charge in [0.15, 0.2) is 0 Å². The Bertz CT molecular complexity index is 369. The number of likely N-dealkylation sites (N-methyl/N-ethyl adjacent to an activating group) is 1. The lowest BCUT2D eigenvalue weighted by Gasteiger charge is -2.15. The van der Waals surface area contributed by atoms with Gasteiger partial charge in [-0.3, -0.25) is 4.79 Å². The van der Waals surface area contributed by atoms with Crippen molar-refractivity contribution in [3.8, 4) is 0 Å². The molecule has 0 fully saturated rings. The molecular weight excluding hydrogens is 302 g/mol. The fraction of sp³-hybridized carbons (Fsp3) is 0.588. The number of carbonyl (C=O) groups is 1. The molecule has 0 aliphatic carbocycles. The van der Waals surface area contributed by atoms with Crippen LogP contribution in [-0.4, -0.2) is 47.3 Å². The lowest BCUT2D eigenvalue weighted by Crippen LogP contribution is -2.25. The maximum absolute atomic E-state index is 10.9. The maximum atomic E-state index is 10.9. The second-order valence-corrected chi connectivity index (χ2v) is 4.84. The van der Waals surface area contributed by atoms with Gasteiger partial charge in [-0.05, 0) is 25.1 Å². The Morgan fingerprint density at radius 2 is 1.68 bits per heavy atom. The minimum Gasteiger partial charge on any atom is -0.481 e. The van der Waals surface area contributed by atoms with Gasteiger partial charge in [0.25, 0.3) is 0 Å². The summed E-state index contributed by atoms with van der Waals surface area (Å²) in [6, 6.07) is 9.39. The third-order valence-corrected chi connectivity index (χ3v) is 3.39. The molecule has 0 saturated heterocycles. The Balaban J connectivity index is 0. The number of halogens is 1. The Morgan fingerprint density at radius 3 is 2.00 bits per heavy atom. The number of aliphatic carboxylic acids is 1. The quantitative estimate of drug-likeness (QED) is 0.766. The van der Waals surface area contributed by atoms with Crippen molar-refractivity contribution in [2.24, 2.45) is 0 Å². The van der Waals surface area contributed by atoms with Crippen molar-refractivity contribution in [2.45, 2.75) is 39.5 Å². The van der Waals surface area contributed by atoms with Gasteiger partial charge < -0.3 is 15.1 Å². The summed E-state index contributed by atoms with van der Waals surface area (Å²) in [6.07, 6.45) is 1.60. The molecule has 2 N–H and O–H groups in total. The molecule has 1 aromatic rings. The maximum Gasteiger partial charge on any atom is 0.310 e. The Kier molecular flexibility index (Phi) is 15.6. The highest BCUT2D eigenvalue weighted by Crippen LogP contribution is 2.20. The fourth-order valence-corrected chi connectivity index (χ4v) is 2.09. The molecule has 0 bridgehead atoms. The Hall–Kier alpha value is -1.10. The number of aliphatic hydroxyl groups excluding tert-OH is 1. The topological polar surface area (TPSA) is 60.8 Å². The number of benzene rings is 1. The van der Waals surface area contributed by atoms with Gasteiger partial charge in [0.2, 0.25) is 0 Å². The minimum atomic E-state index is -0.729. The van der Waals surface area contributed by atoms with Gasteiger partial charge in [0, 0.05) is 6.54 Å². The highest BCUT2D eigenvalue weighted by atomic mass is 35.5. The molecule has 1 atom stereocenters. The van der Waals surface area contributed by atoms with E-state index in [1.54, 1.807) is 0 Å². The fourth-order valence-electron chi connectivity index (χ4n) is 2.09. The SMILES string of the molecule is CCCC(C(=O)O)c1ccccc1.CCN(CC)CCO.Cl. The molecular formula is C17H30ClNO3. The minimum absolute atomic E-state index is 0. The van der Waals surface area contributed by atoms with Crippen molar-refractivity contribution in [3.05, 3.63) is 35.9 Å². The molecule has 1 aromatic carbocycles. The molecule has 1 unspecified atom stereocenters. The molecule has 0 amide bonds. The number of rotatable bonds is 8. The first-order valence-electron chi connectivity index (χ1n) is 7.71. The Morgan fingerprint density at radius 1 is 1.14 bits per heavy atom. The van der Waals surface area contributed by atoms with Gasteiger partial charge in [0.1, 0.15) is 0 Å². The molecule has 1 rings (SSSR count). The van der Waals surface area contributed by atoms with Gasteiger partial charge in [-0.15, -0.1) is 12.4 Å². The predicted molar refractivity (Wildman–Crippen MR) is 93.8 cm³/mol. The zero-order valence-electron chi connectivity index (χ0n) is 13.9. The highest BCUT2D eigenvalue weighted by molar-refractivity contribution is 5.85. The molecule has 4 nitrogen and oxygen atoms in total. The van der Waals surface area contributed by atoms with E-state index in [9.17, 15) is 4.79 Å². The summed E-state index contributed by atoms with van der Waals surface area (Å²) in [5.41, 5.74) is 0.900. The van der Waals surface area contributed by atoms with E-state index in [-0.39, 0.29) is 24.9 Å². The predicted octanol–water partition coefficient (Wildman–Crippen LogP) is 3.40. The van der Waals surface area contributed by atoms with Crippen molar-refractivity contribution in [3.63, 3.8) is 0 Å². The molecule has 5 heteroatoms. The summed E-state index contributed by atoms with van der Waals surface area (Å²) in [6.45, 7) is 9.36. The summed E-state index contributed by atoms with van der Waals surface area (Å²) in [5, 5.41) is 17.4. The van der Waals surface area contributed by atoms with Crippen LogP contribution in [0.25, 0.3) is 0 Å². The van der Waals surface area contributed by atoms with Crippen LogP contribution in [0.3, 0.4) is 0 Å². The number of aliphatic hydroxyl groups is 1. The average Bonchev–Trinajstić information content (AvgIpc) is 2.51. The van der Waals surface area contributed by atoms with Crippen molar-refractivity contribution in [2.75, 3.05) is 26.2 Å². The van der Waals surface area contributed by atoms with Crippen molar-refractivity contribution < 1.29 is 15.0 Å². The number of carboxylic acid groups (broad SMARTS) is 1.